The molecular weight excluding hydrogens is 264 g/mol. The van der Waals surface area contributed by atoms with Crippen LogP contribution in [-0.2, 0) is 4.74 Å². The summed E-state index contributed by atoms with van der Waals surface area (Å²) in [4.78, 5) is 12.0. The van der Waals surface area contributed by atoms with Gasteiger partial charge >= 0.3 is 5.97 Å². The molecule has 0 saturated heterocycles. The van der Waals surface area contributed by atoms with E-state index in [1.807, 2.05) is 0 Å². The predicted molar refractivity (Wildman–Crippen MR) is 72.2 cm³/mol. The van der Waals surface area contributed by atoms with Crippen molar-refractivity contribution in [2.24, 2.45) is 5.92 Å². The summed E-state index contributed by atoms with van der Waals surface area (Å²) in [7, 11) is 0. The van der Waals surface area contributed by atoms with Gasteiger partial charge < -0.3 is 10.5 Å². The van der Waals surface area contributed by atoms with E-state index in [-0.39, 0.29) is 17.4 Å². The van der Waals surface area contributed by atoms with Crippen molar-refractivity contribution >= 4 is 11.7 Å². The second-order valence-corrected chi connectivity index (χ2v) is 5.32. The Morgan fingerprint density at radius 2 is 2.10 bits per heavy atom. The number of nitrogens with two attached hydrogens (primary N) is 1. The highest BCUT2D eigenvalue weighted by Gasteiger charge is 2.25. The number of nitrogen functional groups attached to an aromatic ring is 1. The first-order valence-corrected chi connectivity index (χ1v) is 6.96. The van der Waals surface area contributed by atoms with E-state index in [2.05, 4.69) is 6.92 Å². The molecule has 0 amide bonds. The molecule has 1 aliphatic rings. The molecule has 2 unspecified atom stereocenters. The number of ether oxygens (including phenoxy) is 1. The topological polar surface area (TPSA) is 52.3 Å². The van der Waals surface area contributed by atoms with Gasteiger partial charge in [0.1, 0.15) is 17.7 Å². The van der Waals surface area contributed by atoms with Gasteiger partial charge in [0.05, 0.1) is 11.3 Å². The van der Waals surface area contributed by atoms with Crippen molar-refractivity contribution in [3.63, 3.8) is 0 Å². The molecule has 2 N–H and O–H groups in total. The van der Waals surface area contributed by atoms with Crippen LogP contribution in [0, 0.1) is 17.6 Å². The molecule has 1 saturated carbocycles. The second-order valence-electron chi connectivity index (χ2n) is 5.32. The quantitative estimate of drug-likeness (QED) is 0.680. The highest BCUT2D eigenvalue weighted by Crippen LogP contribution is 2.29. The van der Waals surface area contributed by atoms with Crippen molar-refractivity contribution in [3.8, 4) is 0 Å². The minimum absolute atomic E-state index is 0.188. The van der Waals surface area contributed by atoms with E-state index in [0.717, 1.165) is 38.2 Å². The number of hydrogen-bond acceptors (Lipinski definition) is 3. The molecule has 2 rings (SSSR count). The first-order valence-electron chi connectivity index (χ1n) is 6.96. The zero-order chi connectivity index (χ0) is 14.7. The van der Waals surface area contributed by atoms with Crippen LogP contribution in [0.2, 0.25) is 0 Å². The maximum atomic E-state index is 13.6. The summed E-state index contributed by atoms with van der Waals surface area (Å²) in [6.45, 7) is 2.11. The maximum absolute atomic E-state index is 13.6. The van der Waals surface area contributed by atoms with E-state index in [0.29, 0.717) is 12.0 Å². The number of halogens is 2. The number of anilines is 1. The highest BCUT2D eigenvalue weighted by atomic mass is 19.1. The molecule has 1 aliphatic carbocycles. The molecule has 2 atom stereocenters. The van der Waals surface area contributed by atoms with Gasteiger partial charge in [0.2, 0.25) is 0 Å². The lowest BCUT2D eigenvalue weighted by Crippen LogP contribution is -2.26. The minimum Gasteiger partial charge on any atom is -0.459 e. The van der Waals surface area contributed by atoms with Crippen molar-refractivity contribution in [1.82, 2.24) is 0 Å². The second kappa shape index (κ2) is 6.20. The summed E-state index contributed by atoms with van der Waals surface area (Å²) in [5.41, 5.74) is 4.80. The molecule has 1 aromatic carbocycles. The van der Waals surface area contributed by atoms with Gasteiger partial charge in [0.15, 0.2) is 0 Å². The third-order valence-electron chi connectivity index (χ3n) is 3.89. The van der Waals surface area contributed by atoms with Gasteiger partial charge in [-0.15, -0.1) is 0 Å². The van der Waals surface area contributed by atoms with Crippen molar-refractivity contribution in [3.05, 3.63) is 29.3 Å². The Morgan fingerprint density at radius 3 is 2.80 bits per heavy atom. The first kappa shape index (κ1) is 14.8. The van der Waals surface area contributed by atoms with Gasteiger partial charge in [-0.25, -0.2) is 13.6 Å². The van der Waals surface area contributed by atoms with Gasteiger partial charge in [-0.1, -0.05) is 19.8 Å². The summed E-state index contributed by atoms with van der Waals surface area (Å²) in [5, 5.41) is 0. The zero-order valence-corrected chi connectivity index (χ0v) is 11.5. The average Bonchev–Trinajstić information content (AvgIpc) is 2.43. The van der Waals surface area contributed by atoms with Crippen LogP contribution in [0.3, 0.4) is 0 Å². The largest absolute Gasteiger partial charge is 0.459 e. The Balaban J connectivity index is 2.06. The van der Waals surface area contributed by atoms with Crippen molar-refractivity contribution in [1.29, 1.82) is 0 Å². The molecular formula is C15H19F2NO2. The normalized spacial score (nSPS) is 22.6. The van der Waals surface area contributed by atoms with Crippen LogP contribution in [-0.4, -0.2) is 12.1 Å². The van der Waals surface area contributed by atoms with E-state index in [4.69, 9.17) is 10.5 Å². The van der Waals surface area contributed by atoms with Crippen LogP contribution in [0.1, 0.15) is 49.4 Å². The number of esters is 1. The summed E-state index contributed by atoms with van der Waals surface area (Å²) in [6, 6.07) is 1.61. The number of benzene rings is 1. The van der Waals surface area contributed by atoms with E-state index < -0.39 is 17.6 Å². The smallest absolute Gasteiger partial charge is 0.341 e. The molecule has 20 heavy (non-hydrogen) atoms. The Labute approximate surface area is 117 Å². The van der Waals surface area contributed by atoms with Gasteiger partial charge in [-0.2, -0.15) is 0 Å². The van der Waals surface area contributed by atoms with Crippen molar-refractivity contribution in [2.75, 3.05) is 5.73 Å². The van der Waals surface area contributed by atoms with Crippen LogP contribution in [0.4, 0.5) is 14.5 Å². The van der Waals surface area contributed by atoms with Crippen LogP contribution < -0.4 is 5.73 Å². The monoisotopic (exact) mass is 283 g/mol. The Hall–Kier alpha value is -1.65. The number of carbonyl (C=O) groups excluding carboxylic acids is 1. The molecule has 0 bridgehead atoms. The molecule has 0 spiro atoms. The number of carbonyl (C=O) groups is 1. The fourth-order valence-electron chi connectivity index (χ4n) is 2.66. The fraction of sp³-hybridized carbons (Fsp3) is 0.533. The highest BCUT2D eigenvalue weighted by molar-refractivity contribution is 5.90. The molecule has 0 aromatic heterocycles. The van der Waals surface area contributed by atoms with Crippen LogP contribution in [0.25, 0.3) is 0 Å². The van der Waals surface area contributed by atoms with Crippen LogP contribution in [0.5, 0.6) is 0 Å². The van der Waals surface area contributed by atoms with Gasteiger partial charge in [-0.3, -0.25) is 0 Å². The number of hydrogen-bond donors (Lipinski definition) is 1. The lowest BCUT2D eigenvalue weighted by atomic mass is 9.85. The lowest BCUT2D eigenvalue weighted by molar-refractivity contribution is 0.0135. The molecule has 0 heterocycles. The van der Waals surface area contributed by atoms with E-state index in [1.54, 1.807) is 0 Å². The zero-order valence-electron chi connectivity index (χ0n) is 11.5. The maximum Gasteiger partial charge on any atom is 0.341 e. The summed E-state index contributed by atoms with van der Waals surface area (Å²) in [5.74, 6) is -2.03. The van der Waals surface area contributed by atoms with Crippen molar-refractivity contribution < 1.29 is 18.3 Å². The summed E-state index contributed by atoms with van der Waals surface area (Å²) in [6.07, 6.45) is 4.60. The summed E-state index contributed by atoms with van der Waals surface area (Å²) < 4.78 is 32.0. The average molecular weight is 283 g/mol. The third kappa shape index (κ3) is 3.26. The van der Waals surface area contributed by atoms with E-state index in [1.165, 1.54) is 0 Å². The molecule has 0 radical (unpaired) electrons. The van der Waals surface area contributed by atoms with Gasteiger partial charge in [0, 0.05) is 6.07 Å². The van der Waals surface area contributed by atoms with Gasteiger partial charge in [0.25, 0.3) is 0 Å². The lowest BCUT2D eigenvalue weighted by Gasteiger charge is -2.28. The third-order valence-corrected chi connectivity index (χ3v) is 3.89. The minimum atomic E-state index is -0.940. The van der Waals surface area contributed by atoms with Crippen LogP contribution >= 0.6 is 0 Å². The Bertz CT molecular complexity index is 505. The van der Waals surface area contributed by atoms with Crippen LogP contribution in [0.15, 0.2) is 12.1 Å². The SMILES string of the molecule is CCC1CCCC(OC(=O)c2cc(N)c(F)cc2F)C1. The Kier molecular flexibility index (Phi) is 4.57. The first-order chi connectivity index (χ1) is 9.51. The molecule has 5 heteroatoms. The van der Waals surface area contributed by atoms with E-state index >= 15 is 0 Å². The molecule has 1 aromatic rings. The number of rotatable bonds is 3. The fourth-order valence-corrected chi connectivity index (χ4v) is 2.66. The standard InChI is InChI=1S/C15H19F2NO2/c1-2-9-4-3-5-10(6-9)20-15(19)11-7-14(18)13(17)8-12(11)16/h7-10H,2-6,18H2,1H3. The van der Waals surface area contributed by atoms with Crippen molar-refractivity contribution in [2.45, 2.75) is 45.1 Å². The summed E-state index contributed by atoms with van der Waals surface area (Å²) >= 11 is 0. The Morgan fingerprint density at radius 1 is 1.35 bits per heavy atom. The van der Waals surface area contributed by atoms with E-state index in [9.17, 15) is 13.6 Å². The molecule has 0 aliphatic heterocycles. The predicted octanol–water partition coefficient (Wildman–Crippen LogP) is 3.67. The molecule has 110 valence electrons. The molecule has 1 fully saturated rings. The van der Waals surface area contributed by atoms with Gasteiger partial charge in [-0.05, 0) is 31.2 Å². The molecule has 3 nitrogen and oxygen atoms in total.